The molecule has 2 atom stereocenters. The summed E-state index contributed by atoms with van der Waals surface area (Å²) in [5.74, 6) is 0.452. The Kier molecular flexibility index (Phi) is 5.90. The molecule has 2 aromatic rings. The number of nitrogens with one attached hydrogen (secondary N) is 1. The maximum Gasteiger partial charge on any atom is 0.245 e. The van der Waals surface area contributed by atoms with Crippen molar-refractivity contribution in [3.8, 4) is 5.88 Å². The van der Waals surface area contributed by atoms with Gasteiger partial charge in [-0.05, 0) is 18.6 Å². The Hall–Kier alpha value is -1.02. The highest BCUT2D eigenvalue weighted by Gasteiger charge is 2.11. The van der Waals surface area contributed by atoms with E-state index in [1.54, 1.807) is 0 Å². The molecule has 0 spiro atoms. The summed E-state index contributed by atoms with van der Waals surface area (Å²) in [6.07, 6.45) is 0.941. The van der Waals surface area contributed by atoms with Crippen LogP contribution in [0.4, 0.5) is 0 Å². The minimum absolute atomic E-state index is 0.140. The minimum Gasteiger partial charge on any atom is -0.473 e. The fourth-order valence-electron chi connectivity index (χ4n) is 1.71. The number of hydrogen-bond acceptors (Lipinski definition) is 6. The van der Waals surface area contributed by atoms with Gasteiger partial charge in [0.1, 0.15) is 18.9 Å². The van der Waals surface area contributed by atoms with Gasteiger partial charge in [-0.1, -0.05) is 34.1 Å². The van der Waals surface area contributed by atoms with Crippen LogP contribution in [0.1, 0.15) is 18.5 Å². The zero-order valence-corrected chi connectivity index (χ0v) is 13.4. The first-order chi connectivity index (χ1) is 9.66. The second-order valence-corrected chi connectivity index (χ2v) is 5.77. The van der Waals surface area contributed by atoms with Gasteiger partial charge in [-0.15, -0.1) is 4.37 Å². The Morgan fingerprint density at radius 3 is 2.95 bits per heavy atom. The van der Waals surface area contributed by atoms with E-state index in [4.69, 9.17) is 4.74 Å². The highest BCUT2D eigenvalue weighted by Crippen LogP contribution is 2.22. The Morgan fingerprint density at radius 1 is 1.45 bits per heavy atom. The van der Waals surface area contributed by atoms with Gasteiger partial charge >= 0.3 is 0 Å². The van der Waals surface area contributed by atoms with Crippen molar-refractivity contribution >= 4 is 27.7 Å². The minimum atomic E-state index is -0.596. The summed E-state index contributed by atoms with van der Waals surface area (Å²) in [4.78, 5) is 0. The van der Waals surface area contributed by atoms with E-state index >= 15 is 0 Å². The first kappa shape index (κ1) is 15.4. The number of aliphatic hydroxyl groups excluding tert-OH is 1. The molecule has 5 nitrogen and oxygen atoms in total. The molecule has 0 saturated carbocycles. The third kappa shape index (κ3) is 4.52. The second-order valence-electron chi connectivity index (χ2n) is 4.36. The summed E-state index contributed by atoms with van der Waals surface area (Å²) < 4.78 is 14.1. The van der Waals surface area contributed by atoms with Crippen molar-refractivity contribution in [1.82, 2.24) is 14.1 Å². The van der Waals surface area contributed by atoms with Crippen LogP contribution in [-0.4, -0.2) is 33.1 Å². The summed E-state index contributed by atoms with van der Waals surface area (Å²) in [6, 6.07) is 8.16. The fourth-order valence-corrected chi connectivity index (χ4v) is 2.70. The summed E-state index contributed by atoms with van der Waals surface area (Å²) in [5.41, 5.74) is 1.16. The van der Waals surface area contributed by atoms with Gasteiger partial charge < -0.3 is 15.2 Å². The van der Waals surface area contributed by atoms with Gasteiger partial charge in [-0.3, -0.25) is 0 Å². The van der Waals surface area contributed by atoms with Gasteiger partial charge in [0.05, 0.1) is 11.7 Å². The Morgan fingerprint density at radius 2 is 2.25 bits per heavy atom. The van der Waals surface area contributed by atoms with Gasteiger partial charge in [-0.2, -0.15) is 4.37 Å². The van der Waals surface area contributed by atoms with Gasteiger partial charge in [0.2, 0.25) is 5.88 Å². The molecule has 0 aliphatic rings. The zero-order chi connectivity index (χ0) is 14.4. The van der Waals surface area contributed by atoms with E-state index in [-0.39, 0.29) is 12.6 Å². The van der Waals surface area contributed by atoms with Gasteiger partial charge in [-0.25, -0.2) is 0 Å². The number of ether oxygens (including phenoxy) is 1. The van der Waals surface area contributed by atoms with Crippen LogP contribution in [0, 0.1) is 0 Å². The van der Waals surface area contributed by atoms with E-state index in [1.807, 2.05) is 24.3 Å². The number of halogens is 1. The molecule has 1 heterocycles. The van der Waals surface area contributed by atoms with Gasteiger partial charge in [0.25, 0.3) is 0 Å². The van der Waals surface area contributed by atoms with Crippen molar-refractivity contribution in [2.45, 2.75) is 19.1 Å². The van der Waals surface area contributed by atoms with E-state index in [2.05, 4.69) is 36.9 Å². The number of rotatable bonds is 7. The van der Waals surface area contributed by atoms with Crippen molar-refractivity contribution in [2.75, 3.05) is 13.2 Å². The van der Waals surface area contributed by atoms with E-state index in [9.17, 15) is 5.11 Å². The maximum atomic E-state index is 9.87. The normalized spacial score (nSPS) is 13.9. The smallest absolute Gasteiger partial charge is 0.245 e. The molecule has 0 amide bonds. The molecule has 0 radical (unpaired) electrons. The van der Waals surface area contributed by atoms with Crippen LogP contribution < -0.4 is 10.1 Å². The van der Waals surface area contributed by atoms with Crippen LogP contribution in [0.5, 0.6) is 5.88 Å². The van der Waals surface area contributed by atoms with E-state index in [0.717, 1.165) is 21.8 Å². The molecule has 0 fully saturated rings. The Bertz CT molecular complexity index is 524. The molecule has 108 valence electrons. The lowest BCUT2D eigenvalue weighted by atomic mass is 10.1. The first-order valence-corrected chi connectivity index (χ1v) is 7.75. The molecule has 2 N–H and O–H groups in total. The van der Waals surface area contributed by atoms with Crippen LogP contribution >= 0.6 is 27.7 Å². The quantitative estimate of drug-likeness (QED) is 0.796. The Labute approximate surface area is 130 Å². The molecule has 20 heavy (non-hydrogen) atoms. The van der Waals surface area contributed by atoms with Crippen LogP contribution in [0.25, 0.3) is 0 Å². The molecule has 0 aliphatic heterocycles. The molecule has 1 unspecified atom stereocenters. The van der Waals surface area contributed by atoms with E-state index in [0.29, 0.717) is 12.4 Å². The summed E-state index contributed by atoms with van der Waals surface area (Å²) in [6.45, 7) is 2.69. The number of aromatic nitrogens is 2. The molecule has 7 heteroatoms. The van der Waals surface area contributed by atoms with Crippen LogP contribution in [-0.2, 0) is 0 Å². The largest absolute Gasteiger partial charge is 0.473 e. The van der Waals surface area contributed by atoms with Crippen LogP contribution in [0.3, 0.4) is 0 Å². The van der Waals surface area contributed by atoms with E-state index < -0.39 is 6.10 Å². The number of aliphatic hydroxyl groups is 1. The molecular weight excluding hydrogens is 342 g/mol. The monoisotopic (exact) mass is 357 g/mol. The average Bonchev–Trinajstić information content (AvgIpc) is 2.96. The predicted octanol–water partition coefficient (Wildman–Crippen LogP) is 2.39. The molecule has 0 aliphatic carbocycles. The topological polar surface area (TPSA) is 67.3 Å². The van der Waals surface area contributed by atoms with Gasteiger partial charge in [0.15, 0.2) is 0 Å². The van der Waals surface area contributed by atoms with E-state index in [1.165, 1.54) is 6.20 Å². The third-order valence-corrected chi connectivity index (χ3v) is 3.98. The molecular formula is C13H16BrN3O2S. The predicted molar refractivity (Wildman–Crippen MR) is 82.0 cm³/mol. The third-order valence-electron chi connectivity index (χ3n) is 2.80. The Balaban J connectivity index is 1.75. The summed E-state index contributed by atoms with van der Waals surface area (Å²) in [5, 5.41) is 13.1. The number of hydrogen-bond donors (Lipinski definition) is 2. The number of benzene rings is 1. The van der Waals surface area contributed by atoms with Crippen molar-refractivity contribution in [2.24, 2.45) is 0 Å². The highest BCUT2D eigenvalue weighted by molar-refractivity contribution is 9.10. The lowest BCUT2D eigenvalue weighted by molar-refractivity contribution is 0.102. The summed E-state index contributed by atoms with van der Waals surface area (Å²) in [7, 11) is 0. The van der Waals surface area contributed by atoms with Crippen molar-refractivity contribution in [3.63, 3.8) is 0 Å². The van der Waals surface area contributed by atoms with Crippen LogP contribution in [0.2, 0.25) is 0 Å². The standard InChI is InChI=1S/C13H16BrN3O2S/c1-9(11-4-2-3-5-12(11)14)15-6-10(18)8-19-13-7-16-20-17-13/h2-5,7,9-10,15,18H,6,8H2,1H3/t9-,10?/m1/s1. The maximum absolute atomic E-state index is 9.87. The fraction of sp³-hybridized carbons (Fsp3) is 0.385. The number of nitrogens with zero attached hydrogens (tertiary/aromatic N) is 2. The molecule has 1 aromatic heterocycles. The lowest BCUT2D eigenvalue weighted by Gasteiger charge is -2.18. The lowest BCUT2D eigenvalue weighted by Crippen LogP contribution is -2.33. The molecule has 2 rings (SSSR count). The van der Waals surface area contributed by atoms with Crippen molar-refractivity contribution < 1.29 is 9.84 Å². The SMILES string of the molecule is C[C@@H](NCC(O)COc1cnsn1)c1ccccc1Br. The second kappa shape index (κ2) is 7.68. The van der Waals surface area contributed by atoms with Crippen LogP contribution in [0.15, 0.2) is 34.9 Å². The first-order valence-electron chi connectivity index (χ1n) is 6.23. The molecule has 1 aromatic carbocycles. The zero-order valence-electron chi connectivity index (χ0n) is 11.0. The van der Waals surface area contributed by atoms with Gasteiger partial charge in [0, 0.05) is 17.1 Å². The highest BCUT2D eigenvalue weighted by atomic mass is 79.9. The van der Waals surface area contributed by atoms with Crippen molar-refractivity contribution in [1.29, 1.82) is 0 Å². The molecule has 0 saturated heterocycles. The molecule has 0 bridgehead atoms. The summed E-state index contributed by atoms with van der Waals surface area (Å²) >= 11 is 4.60. The van der Waals surface area contributed by atoms with Crippen molar-refractivity contribution in [3.05, 3.63) is 40.5 Å². The average molecular weight is 358 g/mol.